The zero-order valence-corrected chi connectivity index (χ0v) is 9.39. The number of fused-ring (bicyclic) bond motifs is 1. The molecule has 0 aliphatic carbocycles. The summed E-state index contributed by atoms with van der Waals surface area (Å²) < 4.78 is 13.1. The van der Waals surface area contributed by atoms with Gasteiger partial charge in [-0.15, -0.1) is 0 Å². The molecule has 2 rings (SSSR count). The standard InChI is InChI=1S/C13H16FN/c1-8(2)13(4)9(3)15-12-7-10(14)5-6-11(12)13/h5-8,15H,3H2,1-2,4H3. The fourth-order valence-electron chi connectivity index (χ4n) is 2.19. The number of allylic oxidation sites excluding steroid dienone is 1. The Bertz CT molecular complexity index is 423. The van der Waals surface area contributed by atoms with Crippen molar-refractivity contribution in [3.63, 3.8) is 0 Å². The number of hydrogen-bond acceptors (Lipinski definition) is 1. The lowest BCUT2D eigenvalue weighted by atomic mass is 9.73. The van der Waals surface area contributed by atoms with Crippen molar-refractivity contribution in [2.24, 2.45) is 5.92 Å². The highest BCUT2D eigenvalue weighted by Gasteiger charge is 2.40. The molecule has 0 bridgehead atoms. The van der Waals surface area contributed by atoms with E-state index >= 15 is 0 Å². The van der Waals surface area contributed by atoms with E-state index in [0.717, 1.165) is 16.9 Å². The fourth-order valence-corrected chi connectivity index (χ4v) is 2.19. The van der Waals surface area contributed by atoms with Crippen LogP contribution in [0.5, 0.6) is 0 Å². The van der Waals surface area contributed by atoms with Crippen LogP contribution in [0, 0.1) is 11.7 Å². The summed E-state index contributed by atoms with van der Waals surface area (Å²) in [6, 6.07) is 4.91. The summed E-state index contributed by atoms with van der Waals surface area (Å²) >= 11 is 0. The minimum absolute atomic E-state index is 0.0942. The quantitative estimate of drug-likeness (QED) is 0.737. The highest BCUT2D eigenvalue weighted by Crippen LogP contribution is 2.47. The van der Waals surface area contributed by atoms with E-state index in [2.05, 4.69) is 32.7 Å². The molecule has 1 unspecified atom stereocenters. The lowest BCUT2D eigenvalue weighted by Gasteiger charge is -2.30. The van der Waals surface area contributed by atoms with E-state index in [4.69, 9.17) is 0 Å². The molecule has 1 aromatic carbocycles. The van der Waals surface area contributed by atoms with Crippen LogP contribution in [0.4, 0.5) is 10.1 Å². The van der Waals surface area contributed by atoms with Gasteiger partial charge in [-0.2, -0.15) is 0 Å². The molecule has 1 heterocycles. The van der Waals surface area contributed by atoms with Gasteiger partial charge in [-0.1, -0.05) is 26.5 Å². The van der Waals surface area contributed by atoms with Gasteiger partial charge >= 0.3 is 0 Å². The first-order valence-corrected chi connectivity index (χ1v) is 5.22. The number of benzene rings is 1. The summed E-state index contributed by atoms with van der Waals surface area (Å²) in [7, 11) is 0. The molecule has 0 aromatic heterocycles. The van der Waals surface area contributed by atoms with Gasteiger partial charge in [0, 0.05) is 16.8 Å². The monoisotopic (exact) mass is 205 g/mol. The maximum absolute atomic E-state index is 13.1. The number of rotatable bonds is 1. The maximum atomic E-state index is 13.1. The summed E-state index contributed by atoms with van der Waals surface area (Å²) in [4.78, 5) is 0. The van der Waals surface area contributed by atoms with Crippen molar-refractivity contribution < 1.29 is 4.39 Å². The molecular formula is C13H16FN. The predicted octanol–water partition coefficient (Wildman–Crippen LogP) is 3.68. The highest BCUT2D eigenvalue weighted by atomic mass is 19.1. The zero-order valence-electron chi connectivity index (χ0n) is 9.39. The van der Waals surface area contributed by atoms with Gasteiger partial charge in [-0.05, 0) is 30.5 Å². The van der Waals surface area contributed by atoms with E-state index < -0.39 is 0 Å². The first kappa shape index (κ1) is 10.2. The van der Waals surface area contributed by atoms with Crippen LogP contribution >= 0.6 is 0 Å². The second kappa shape index (κ2) is 3.09. The maximum Gasteiger partial charge on any atom is 0.125 e. The Morgan fingerprint density at radius 3 is 2.67 bits per heavy atom. The lowest BCUT2D eigenvalue weighted by Crippen LogP contribution is -2.28. The molecule has 0 saturated heterocycles. The molecular weight excluding hydrogens is 189 g/mol. The van der Waals surface area contributed by atoms with E-state index in [0.29, 0.717) is 5.92 Å². The molecule has 15 heavy (non-hydrogen) atoms. The van der Waals surface area contributed by atoms with Gasteiger partial charge in [0.05, 0.1) is 0 Å². The Hall–Kier alpha value is -1.31. The summed E-state index contributed by atoms with van der Waals surface area (Å²) in [6.45, 7) is 10.5. The zero-order chi connectivity index (χ0) is 11.2. The molecule has 2 heteroatoms. The van der Waals surface area contributed by atoms with Crippen LogP contribution in [0.25, 0.3) is 0 Å². The van der Waals surface area contributed by atoms with Gasteiger partial charge in [0.1, 0.15) is 5.82 Å². The van der Waals surface area contributed by atoms with Gasteiger partial charge in [0.2, 0.25) is 0 Å². The third-order valence-electron chi connectivity index (χ3n) is 3.61. The Labute approximate surface area is 90.0 Å². The van der Waals surface area contributed by atoms with Gasteiger partial charge in [-0.25, -0.2) is 4.39 Å². The van der Waals surface area contributed by atoms with Crippen LogP contribution in [-0.4, -0.2) is 0 Å². The van der Waals surface area contributed by atoms with Crippen molar-refractivity contribution in [3.05, 3.63) is 41.9 Å². The van der Waals surface area contributed by atoms with Crippen LogP contribution in [0.2, 0.25) is 0 Å². The van der Waals surface area contributed by atoms with Gasteiger partial charge in [0.25, 0.3) is 0 Å². The third kappa shape index (κ3) is 1.28. The largest absolute Gasteiger partial charge is 0.358 e. The molecule has 1 aliphatic rings. The van der Waals surface area contributed by atoms with Crippen molar-refractivity contribution in [3.8, 4) is 0 Å². The van der Waals surface area contributed by atoms with E-state index in [1.165, 1.54) is 12.1 Å². The predicted molar refractivity (Wildman–Crippen MR) is 61.4 cm³/mol. The third-order valence-corrected chi connectivity index (χ3v) is 3.61. The van der Waals surface area contributed by atoms with Crippen LogP contribution in [-0.2, 0) is 5.41 Å². The Kier molecular flexibility index (Phi) is 2.10. The second-order valence-electron chi connectivity index (χ2n) is 4.65. The first-order valence-electron chi connectivity index (χ1n) is 5.22. The molecule has 0 amide bonds. The molecule has 1 aromatic rings. The molecule has 1 atom stereocenters. The number of nitrogens with one attached hydrogen (secondary N) is 1. The first-order chi connectivity index (χ1) is 6.96. The van der Waals surface area contributed by atoms with E-state index in [1.54, 1.807) is 0 Å². The number of anilines is 1. The summed E-state index contributed by atoms with van der Waals surface area (Å²) in [6.07, 6.45) is 0. The average Bonchev–Trinajstić information content (AvgIpc) is 2.39. The number of hydrogen-bond donors (Lipinski definition) is 1. The topological polar surface area (TPSA) is 12.0 Å². The van der Waals surface area contributed by atoms with Crippen LogP contribution < -0.4 is 5.32 Å². The molecule has 1 N–H and O–H groups in total. The SMILES string of the molecule is C=C1Nc2cc(F)ccc2C1(C)C(C)C. The van der Waals surface area contributed by atoms with Crippen LogP contribution in [0.1, 0.15) is 26.3 Å². The summed E-state index contributed by atoms with van der Waals surface area (Å²) in [5.74, 6) is 0.228. The molecule has 80 valence electrons. The molecule has 0 saturated carbocycles. The van der Waals surface area contributed by atoms with Crippen molar-refractivity contribution in [1.82, 2.24) is 0 Å². The van der Waals surface area contributed by atoms with E-state index in [9.17, 15) is 4.39 Å². The second-order valence-corrected chi connectivity index (χ2v) is 4.65. The molecule has 0 radical (unpaired) electrons. The summed E-state index contributed by atoms with van der Waals surface area (Å²) in [5.41, 5.74) is 2.86. The molecule has 1 aliphatic heterocycles. The Balaban J connectivity index is 2.60. The van der Waals surface area contributed by atoms with Crippen molar-refractivity contribution in [1.29, 1.82) is 0 Å². The Morgan fingerprint density at radius 2 is 2.07 bits per heavy atom. The van der Waals surface area contributed by atoms with Gasteiger partial charge in [0.15, 0.2) is 0 Å². The average molecular weight is 205 g/mol. The normalized spacial score (nSPS) is 24.2. The van der Waals surface area contributed by atoms with E-state index in [-0.39, 0.29) is 11.2 Å². The van der Waals surface area contributed by atoms with E-state index in [1.807, 2.05) is 6.07 Å². The fraction of sp³-hybridized carbons (Fsp3) is 0.385. The smallest absolute Gasteiger partial charge is 0.125 e. The highest BCUT2D eigenvalue weighted by molar-refractivity contribution is 5.67. The summed E-state index contributed by atoms with van der Waals surface area (Å²) in [5, 5.41) is 3.18. The number of halogens is 1. The van der Waals surface area contributed by atoms with Gasteiger partial charge in [-0.3, -0.25) is 0 Å². The molecule has 1 nitrogen and oxygen atoms in total. The minimum Gasteiger partial charge on any atom is -0.358 e. The van der Waals surface area contributed by atoms with Crippen LogP contribution in [0.15, 0.2) is 30.5 Å². The lowest BCUT2D eigenvalue weighted by molar-refractivity contribution is 0.412. The van der Waals surface area contributed by atoms with Crippen molar-refractivity contribution in [2.45, 2.75) is 26.2 Å². The van der Waals surface area contributed by atoms with Crippen LogP contribution in [0.3, 0.4) is 0 Å². The van der Waals surface area contributed by atoms with Gasteiger partial charge < -0.3 is 5.32 Å². The van der Waals surface area contributed by atoms with Crippen molar-refractivity contribution in [2.75, 3.05) is 5.32 Å². The Morgan fingerprint density at radius 1 is 1.40 bits per heavy atom. The molecule has 0 spiro atoms. The van der Waals surface area contributed by atoms with Crippen molar-refractivity contribution >= 4 is 5.69 Å². The minimum atomic E-state index is -0.206. The molecule has 0 fully saturated rings.